The number of rotatable bonds is 5. The van der Waals surface area contributed by atoms with Gasteiger partial charge in [0.25, 0.3) is 5.91 Å². The topological polar surface area (TPSA) is 78.7 Å². The summed E-state index contributed by atoms with van der Waals surface area (Å²) >= 11 is 0. The highest BCUT2D eigenvalue weighted by molar-refractivity contribution is 5.93. The van der Waals surface area contributed by atoms with E-state index >= 15 is 0 Å². The molecule has 2 heterocycles. The van der Waals surface area contributed by atoms with Crippen molar-refractivity contribution < 1.29 is 14.4 Å². The number of carbonyl (C=O) groups excluding carboxylic acids is 1. The van der Waals surface area contributed by atoms with Gasteiger partial charge in [-0.15, -0.1) is 0 Å². The molecule has 0 radical (unpaired) electrons. The zero-order valence-corrected chi connectivity index (χ0v) is 14.8. The minimum atomic E-state index is -0.554. The summed E-state index contributed by atoms with van der Waals surface area (Å²) in [4.78, 5) is 15.8. The minimum Gasteiger partial charge on any atom is -0.378 e. The lowest BCUT2D eigenvalue weighted by molar-refractivity contribution is 0.0706. The smallest absolute Gasteiger partial charge is 0.274 e. The monoisotopic (exact) mass is 376 g/mol. The van der Waals surface area contributed by atoms with Crippen LogP contribution in [0.2, 0.25) is 0 Å². The lowest BCUT2D eigenvalue weighted by Crippen LogP contribution is -2.18. The molecule has 0 aliphatic rings. The summed E-state index contributed by atoms with van der Waals surface area (Å²) in [5, 5.41) is 12.0. The number of fused-ring (bicyclic) bond motifs is 1. The van der Waals surface area contributed by atoms with Gasteiger partial charge in [-0.05, 0) is 41.5 Å². The maximum atomic E-state index is 13.6. The zero-order valence-electron chi connectivity index (χ0n) is 14.8. The highest BCUT2D eigenvalue weighted by atomic mass is 19.1. The lowest BCUT2D eigenvalue weighted by atomic mass is 10.1. The molecule has 1 amide bonds. The van der Waals surface area contributed by atoms with Gasteiger partial charge < -0.3 is 9.72 Å². The Morgan fingerprint density at radius 1 is 1.11 bits per heavy atom. The number of aromatic nitrogens is 2. The molecule has 3 N–H and O–H groups in total. The average Bonchev–Trinajstić information content (AvgIpc) is 3.20. The Labute approximate surface area is 160 Å². The molecule has 6 nitrogen and oxygen atoms in total. The number of hydroxylamine groups is 1. The van der Waals surface area contributed by atoms with Crippen LogP contribution in [-0.4, -0.2) is 20.5 Å². The molecular formula is C21H17FN4O2. The number of nitrogens with zero attached hydrogens (tertiary/aromatic N) is 2. The van der Waals surface area contributed by atoms with E-state index in [4.69, 9.17) is 5.21 Å². The third kappa shape index (κ3) is 3.56. The predicted molar refractivity (Wildman–Crippen MR) is 104 cm³/mol. The average molecular weight is 376 g/mol. The molecule has 0 unspecified atom stereocenters. The molecule has 4 rings (SSSR count). The summed E-state index contributed by atoms with van der Waals surface area (Å²) in [6.07, 6.45) is 5.45. The van der Waals surface area contributed by atoms with E-state index < -0.39 is 5.91 Å². The van der Waals surface area contributed by atoms with Crippen LogP contribution in [0.4, 0.5) is 10.1 Å². The number of hydrogen-bond donors (Lipinski definition) is 3. The second-order valence-electron chi connectivity index (χ2n) is 6.30. The highest BCUT2D eigenvalue weighted by Gasteiger charge is 2.09. The maximum Gasteiger partial charge on any atom is 0.274 e. The number of carbonyl (C=O) groups is 1. The van der Waals surface area contributed by atoms with Crippen molar-refractivity contribution in [2.75, 3.05) is 5.32 Å². The van der Waals surface area contributed by atoms with Crippen LogP contribution in [0.25, 0.3) is 16.8 Å². The fourth-order valence-corrected chi connectivity index (χ4v) is 3.02. The number of hydrogen-bond acceptors (Lipinski definition) is 4. The van der Waals surface area contributed by atoms with Crippen LogP contribution >= 0.6 is 0 Å². The van der Waals surface area contributed by atoms with Gasteiger partial charge >= 0.3 is 0 Å². The Balaban J connectivity index is 1.61. The summed E-state index contributed by atoms with van der Waals surface area (Å²) in [5.74, 6) is -0.842. The molecule has 7 heteroatoms. The van der Waals surface area contributed by atoms with Gasteiger partial charge in [0, 0.05) is 36.3 Å². The maximum absolute atomic E-state index is 13.6. The number of imidazole rings is 1. The van der Waals surface area contributed by atoms with Crippen molar-refractivity contribution in [2.45, 2.75) is 6.54 Å². The van der Waals surface area contributed by atoms with Gasteiger partial charge in [0.1, 0.15) is 5.82 Å². The van der Waals surface area contributed by atoms with E-state index in [0.717, 1.165) is 28.0 Å². The largest absolute Gasteiger partial charge is 0.378 e. The van der Waals surface area contributed by atoms with Crippen LogP contribution < -0.4 is 10.8 Å². The summed E-state index contributed by atoms with van der Waals surface area (Å²) in [7, 11) is 0. The van der Waals surface area contributed by atoms with Crippen molar-refractivity contribution in [3.63, 3.8) is 0 Å². The number of amides is 1. The summed E-state index contributed by atoms with van der Waals surface area (Å²) < 4.78 is 15.5. The number of pyridine rings is 1. The van der Waals surface area contributed by atoms with Crippen LogP contribution in [-0.2, 0) is 6.54 Å². The van der Waals surface area contributed by atoms with E-state index in [-0.39, 0.29) is 5.82 Å². The van der Waals surface area contributed by atoms with Gasteiger partial charge in [0.2, 0.25) is 0 Å². The SMILES string of the molecule is O=C(NO)c1ccc(CNc2cc(-c3cccc(F)c3)cn3ccnc23)cc1. The predicted octanol–water partition coefficient (Wildman–Crippen LogP) is 3.87. The number of anilines is 1. The van der Waals surface area contributed by atoms with Crippen LogP contribution in [0, 0.1) is 5.82 Å². The first-order chi connectivity index (χ1) is 13.6. The zero-order chi connectivity index (χ0) is 19.5. The molecule has 0 saturated carbocycles. The fraction of sp³-hybridized carbons (Fsp3) is 0.0476. The van der Waals surface area contributed by atoms with Crippen molar-refractivity contribution in [3.8, 4) is 11.1 Å². The second kappa shape index (κ2) is 7.50. The molecule has 2 aromatic heterocycles. The Hall–Kier alpha value is -3.71. The van der Waals surface area contributed by atoms with Crippen LogP contribution in [0.5, 0.6) is 0 Å². The van der Waals surface area contributed by atoms with Crippen LogP contribution in [0.1, 0.15) is 15.9 Å². The summed E-state index contributed by atoms with van der Waals surface area (Å²) in [6.45, 7) is 0.510. The molecular weight excluding hydrogens is 359 g/mol. The third-order valence-electron chi connectivity index (χ3n) is 4.45. The van der Waals surface area contributed by atoms with Crippen LogP contribution in [0.15, 0.2) is 73.2 Å². The molecule has 0 spiro atoms. The molecule has 28 heavy (non-hydrogen) atoms. The van der Waals surface area contributed by atoms with Gasteiger partial charge in [0.15, 0.2) is 5.65 Å². The van der Waals surface area contributed by atoms with Crippen molar-refractivity contribution in [3.05, 3.63) is 90.1 Å². The van der Waals surface area contributed by atoms with Crippen molar-refractivity contribution >= 4 is 17.2 Å². The van der Waals surface area contributed by atoms with Gasteiger partial charge in [-0.2, -0.15) is 0 Å². The Kier molecular flexibility index (Phi) is 4.74. The van der Waals surface area contributed by atoms with Crippen molar-refractivity contribution in [1.82, 2.24) is 14.9 Å². The first-order valence-corrected chi connectivity index (χ1v) is 8.64. The van der Waals surface area contributed by atoms with Gasteiger partial charge in [-0.1, -0.05) is 24.3 Å². The third-order valence-corrected chi connectivity index (χ3v) is 4.45. The molecule has 0 fully saturated rings. The number of nitrogens with one attached hydrogen (secondary N) is 2. The Bertz CT molecular complexity index is 1140. The van der Waals surface area contributed by atoms with E-state index in [9.17, 15) is 9.18 Å². The van der Waals surface area contributed by atoms with E-state index in [0.29, 0.717) is 12.1 Å². The van der Waals surface area contributed by atoms with E-state index in [1.807, 2.05) is 28.9 Å². The van der Waals surface area contributed by atoms with E-state index in [2.05, 4.69) is 10.3 Å². The molecule has 4 aromatic rings. The lowest BCUT2D eigenvalue weighted by Gasteiger charge is -2.11. The van der Waals surface area contributed by atoms with E-state index in [1.165, 1.54) is 12.1 Å². The molecule has 2 aromatic carbocycles. The fourth-order valence-electron chi connectivity index (χ4n) is 3.02. The quantitative estimate of drug-likeness (QED) is 0.365. The Morgan fingerprint density at radius 2 is 1.93 bits per heavy atom. The first-order valence-electron chi connectivity index (χ1n) is 8.64. The van der Waals surface area contributed by atoms with E-state index in [1.54, 1.807) is 42.0 Å². The van der Waals surface area contributed by atoms with Gasteiger partial charge in [-0.25, -0.2) is 14.9 Å². The first kappa shape index (κ1) is 17.7. The summed E-state index contributed by atoms with van der Waals surface area (Å²) in [5.41, 5.74) is 6.14. The molecule has 0 aliphatic carbocycles. The van der Waals surface area contributed by atoms with Gasteiger partial charge in [0.05, 0.1) is 5.69 Å². The Morgan fingerprint density at radius 3 is 2.68 bits per heavy atom. The normalized spacial score (nSPS) is 10.8. The molecule has 0 saturated heterocycles. The number of benzene rings is 2. The second-order valence-corrected chi connectivity index (χ2v) is 6.30. The number of halogens is 1. The van der Waals surface area contributed by atoms with Gasteiger partial charge in [-0.3, -0.25) is 10.0 Å². The molecule has 0 bridgehead atoms. The van der Waals surface area contributed by atoms with Crippen molar-refractivity contribution in [1.29, 1.82) is 0 Å². The van der Waals surface area contributed by atoms with Crippen LogP contribution in [0.3, 0.4) is 0 Å². The molecule has 140 valence electrons. The highest BCUT2D eigenvalue weighted by Crippen LogP contribution is 2.26. The van der Waals surface area contributed by atoms with Crippen molar-refractivity contribution in [2.24, 2.45) is 0 Å². The molecule has 0 aliphatic heterocycles. The standard InChI is InChI=1S/C21H17FN4O2/c22-18-3-1-2-16(10-18)17-11-19(20-23-8-9-26(20)13-17)24-12-14-4-6-15(7-5-14)21(27)25-28/h1-11,13,24,28H,12H2,(H,25,27). The minimum absolute atomic E-state index is 0.287. The summed E-state index contributed by atoms with van der Waals surface area (Å²) in [6, 6.07) is 15.3. The molecule has 0 atom stereocenters.